The van der Waals surface area contributed by atoms with Gasteiger partial charge in [0.15, 0.2) is 0 Å². The molecule has 0 aliphatic rings. The molecular formula is C16H20ClNO2S. The SMILES string of the molecule is Cn1c(SCCC(=O)OC(C)(C)C)cc2cc(Cl)ccc21. The minimum absolute atomic E-state index is 0.156. The third kappa shape index (κ3) is 4.42. The normalized spacial score (nSPS) is 11.9. The van der Waals surface area contributed by atoms with Crippen LogP contribution < -0.4 is 0 Å². The zero-order valence-corrected chi connectivity index (χ0v) is 14.3. The summed E-state index contributed by atoms with van der Waals surface area (Å²) in [6.45, 7) is 5.64. The van der Waals surface area contributed by atoms with Crippen molar-refractivity contribution in [3.8, 4) is 0 Å². The van der Waals surface area contributed by atoms with E-state index >= 15 is 0 Å². The molecule has 0 bridgehead atoms. The van der Waals surface area contributed by atoms with Crippen LogP contribution in [0.5, 0.6) is 0 Å². The first-order valence-corrected chi connectivity index (χ1v) is 8.22. The molecule has 3 nitrogen and oxygen atoms in total. The van der Waals surface area contributed by atoms with E-state index in [-0.39, 0.29) is 5.97 Å². The van der Waals surface area contributed by atoms with Gasteiger partial charge < -0.3 is 9.30 Å². The summed E-state index contributed by atoms with van der Waals surface area (Å²) in [5, 5.41) is 2.97. The molecule has 0 N–H and O–H groups in total. The lowest BCUT2D eigenvalue weighted by Crippen LogP contribution is -2.24. The van der Waals surface area contributed by atoms with Gasteiger partial charge in [0.05, 0.1) is 11.4 Å². The molecule has 0 unspecified atom stereocenters. The van der Waals surface area contributed by atoms with Crippen molar-refractivity contribution in [2.24, 2.45) is 7.05 Å². The van der Waals surface area contributed by atoms with Crippen LogP contribution in [0.4, 0.5) is 0 Å². The second-order valence-electron chi connectivity index (χ2n) is 5.93. The van der Waals surface area contributed by atoms with Crippen molar-refractivity contribution in [3.63, 3.8) is 0 Å². The lowest BCUT2D eigenvalue weighted by molar-refractivity contribution is -0.154. The Bertz CT molecular complexity index is 658. The number of esters is 1. The van der Waals surface area contributed by atoms with Crippen molar-refractivity contribution in [3.05, 3.63) is 29.3 Å². The highest BCUT2D eigenvalue weighted by atomic mass is 35.5. The zero-order chi connectivity index (χ0) is 15.6. The number of fused-ring (bicyclic) bond motifs is 1. The van der Waals surface area contributed by atoms with Gasteiger partial charge in [0.1, 0.15) is 5.60 Å². The second-order valence-corrected chi connectivity index (χ2v) is 7.48. The monoisotopic (exact) mass is 325 g/mol. The van der Waals surface area contributed by atoms with Crippen LogP contribution in [0.2, 0.25) is 5.02 Å². The maximum atomic E-state index is 11.7. The Hall–Kier alpha value is -1.13. The molecule has 0 saturated carbocycles. The topological polar surface area (TPSA) is 31.2 Å². The molecule has 2 rings (SSSR count). The maximum absolute atomic E-state index is 11.7. The van der Waals surface area contributed by atoms with Crippen LogP contribution in [0.25, 0.3) is 10.9 Å². The summed E-state index contributed by atoms with van der Waals surface area (Å²) in [6, 6.07) is 7.95. The van der Waals surface area contributed by atoms with Crippen molar-refractivity contribution >= 4 is 40.2 Å². The van der Waals surface area contributed by atoms with Gasteiger partial charge in [0.2, 0.25) is 0 Å². The number of aryl methyl sites for hydroxylation is 1. The third-order valence-corrected chi connectivity index (χ3v) is 4.27. The van der Waals surface area contributed by atoms with Crippen LogP contribution in [0.3, 0.4) is 0 Å². The number of rotatable bonds is 4. The van der Waals surface area contributed by atoms with Gasteiger partial charge in [-0.15, -0.1) is 11.8 Å². The number of halogens is 1. The number of carbonyl (C=O) groups excluding carboxylic acids is 1. The van der Waals surface area contributed by atoms with E-state index in [9.17, 15) is 4.79 Å². The van der Waals surface area contributed by atoms with Crippen LogP contribution in [-0.2, 0) is 16.6 Å². The van der Waals surface area contributed by atoms with Crippen LogP contribution in [0, 0.1) is 0 Å². The van der Waals surface area contributed by atoms with Gasteiger partial charge in [-0.1, -0.05) is 11.6 Å². The molecule has 114 valence electrons. The summed E-state index contributed by atoms with van der Waals surface area (Å²) in [5.41, 5.74) is 0.720. The smallest absolute Gasteiger partial charge is 0.307 e. The van der Waals surface area contributed by atoms with Crippen LogP contribution in [-0.4, -0.2) is 21.9 Å². The van der Waals surface area contributed by atoms with Crippen molar-refractivity contribution in [1.29, 1.82) is 0 Å². The van der Waals surface area contributed by atoms with Gasteiger partial charge in [-0.2, -0.15) is 0 Å². The molecule has 0 atom stereocenters. The van der Waals surface area contributed by atoms with Crippen molar-refractivity contribution in [1.82, 2.24) is 4.57 Å². The molecule has 1 aromatic heterocycles. The Labute approximate surface area is 134 Å². The first kappa shape index (κ1) is 16.2. The van der Waals surface area contributed by atoms with E-state index in [1.54, 1.807) is 11.8 Å². The number of benzene rings is 1. The van der Waals surface area contributed by atoms with Gasteiger partial charge in [0.25, 0.3) is 0 Å². The molecule has 0 aliphatic heterocycles. The number of aromatic nitrogens is 1. The highest BCUT2D eigenvalue weighted by Crippen LogP contribution is 2.28. The van der Waals surface area contributed by atoms with E-state index in [0.29, 0.717) is 12.2 Å². The summed E-state index contributed by atoms with van der Waals surface area (Å²) >= 11 is 7.66. The Morgan fingerprint density at radius 1 is 1.33 bits per heavy atom. The lowest BCUT2D eigenvalue weighted by Gasteiger charge is -2.19. The first-order chi connectivity index (χ1) is 9.76. The van der Waals surface area contributed by atoms with Gasteiger partial charge in [-0.3, -0.25) is 4.79 Å². The summed E-state index contributed by atoms with van der Waals surface area (Å²) in [4.78, 5) is 11.7. The van der Waals surface area contributed by atoms with Gasteiger partial charge in [-0.25, -0.2) is 0 Å². The number of hydrogen-bond acceptors (Lipinski definition) is 3. The van der Waals surface area contributed by atoms with E-state index in [0.717, 1.165) is 21.0 Å². The van der Waals surface area contributed by atoms with Crippen LogP contribution in [0.1, 0.15) is 27.2 Å². The fraction of sp³-hybridized carbons (Fsp3) is 0.438. The number of hydrogen-bond donors (Lipinski definition) is 0. The molecule has 0 spiro atoms. The Balaban J connectivity index is 1.98. The van der Waals surface area contributed by atoms with E-state index in [4.69, 9.17) is 16.3 Å². The molecule has 1 heterocycles. The Kier molecular flexibility index (Phi) is 4.89. The van der Waals surface area contributed by atoms with E-state index < -0.39 is 5.60 Å². The molecule has 0 aliphatic carbocycles. The predicted octanol–water partition coefficient (Wildman–Crippen LogP) is 4.66. The maximum Gasteiger partial charge on any atom is 0.307 e. The minimum atomic E-state index is -0.418. The van der Waals surface area contributed by atoms with Crippen molar-refractivity contribution in [2.75, 3.05) is 5.75 Å². The van der Waals surface area contributed by atoms with Gasteiger partial charge in [0, 0.05) is 28.7 Å². The molecular weight excluding hydrogens is 306 g/mol. The number of thioether (sulfide) groups is 1. The van der Waals surface area contributed by atoms with Crippen molar-refractivity contribution < 1.29 is 9.53 Å². The molecule has 1 aromatic carbocycles. The molecule has 5 heteroatoms. The number of nitrogens with zero attached hydrogens (tertiary/aromatic N) is 1. The predicted molar refractivity (Wildman–Crippen MR) is 89.1 cm³/mol. The summed E-state index contributed by atoms with van der Waals surface area (Å²) in [6.07, 6.45) is 0.407. The fourth-order valence-electron chi connectivity index (χ4n) is 2.06. The quantitative estimate of drug-likeness (QED) is 0.605. The average Bonchev–Trinajstić information content (AvgIpc) is 2.63. The standard InChI is InChI=1S/C16H20ClNO2S/c1-16(2,3)20-15(19)7-8-21-14-10-11-9-12(17)5-6-13(11)18(14)4/h5-6,9-10H,7-8H2,1-4H3. The minimum Gasteiger partial charge on any atom is -0.460 e. The molecule has 0 amide bonds. The Morgan fingerprint density at radius 2 is 2.05 bits per heavy atom. The lowest BCUT2D eigenvalue weighted by atomic mass is 10.2. The van der Waals surface area contributed by atoms with Crippen molar-refractivity contribution in [2.45, 2.75) is 37.8 Å². The fourth-order valence-corrected chi connectivity index (χ4v) is 3.23. The van der Waals surface area contributed by atoms with Crippen LogP contribution >= 0.6 is 23.4 Å². The first-order valence-electron chi connectivity index (χ1n) is 6.86. The molecule has 0 radical (unpaired) electrons. The second kappa shape index (κ2) is 6.32. The largest absolute Gasteiger partial charge is 0.460 e. The zero-order valence-electron chi connectivity index (χ0n) is 12.8. The highest BCUT2D eigenvalue weighted by molar-refractivity contribution is 7.99. The highest BCUT2D eigenvalue weighted by Gasteiger charge is 2.16. The van der Waals surface area contributed by atoms with E-state index in [2.05, 4.69) is 10.6 Å². The van der Waals surface area contributed by atoms with Gasteiger partial charge >= 0.3 is 5.97 Å². The molecule has 0 saturated heterocycles. The van der Waals surface area contributed by atoms with Gasteiger partial charge in [-0.05, 0) is 45.0 Å². The molecule has 21 heavy (non-hydrogen) atoms. The van der Waals surface area contributed by atoms with E-state index in [1.807, 2.05) is 46.0 Å². The summed E-state index contributed by atoms with van der Waals surface area (Å²) < 4.78 is 7.42. The molecule has 0 fully saturated rings. The van der Waals surface area contributed by atoms with E-state index in [1.165, 1.54) is 0 Å². The number of carbonyl (C=O) groups is 1. The summed E-state index contributed by atoms with van der Waals surface area (Å²) in [5.74, 6) is 0.545. The van der Waals surface area contributed by atoms with Crippen LogP contribution in [0.15, 0.2) is 29.3 Å². The summed E-state index contributed by atoms with van der Waals surface area (Å²) in [7, 11) is 2.02. The Morgan fingerprint density at radius 3 is 2.71 bits per heavy atom. The number of ether oxygens (including phenoxy) is 1. The molecule has 2 aromatic rings. The third-order valence-electron chi connectivity index (χ3n) is 2.94. The average molecular weight is 326 g/mol.